The molecule has 2 aromatic carbocycles. The summed E-state index contributed by atoms with van der Waals surface area (Å²) in [7, 11) is 3.79. The number of rotatable bonds is 5. The molecule has 0 aliphatic heterocycles. The first-order chi connectivity index (χ1) is 17.7. The van der Waals surface area contributed by atoms with E-state index in [1.165, 1.54) is 0 Å². The molecule has 1 aliphatic rings. The Balaban J connectivity index is 1.42. The Labute approximate surface area is 215 Å². The number of aromatic nitrogens is 2. The van der Waals surface area contributed by atoms with E-state index in [0.29, 0.717) is 43.8 Å². The number of carbonyl (C=O) groups excluding carboxylic acids is 1. The minimum absolute atomic E-state index is 0.00535. The largest absolute Gasteiger partial charge is 0.416 e. The number of anilines is 2. The quantitative estimate of drug-likeness (QED) is 0.378. The molecule has 6 nitrogen and oxygen atoms in total. The molecule has 0 saturated heterocycles. The smallest absolute Gasteiger partial charge is 0.362 e. The Morgan fingerprint density at radius 1 is 0.868 bits per heavy atom. The number of fused-ring (bicyclic) bond motifs is 1. The number of alkyl halides is 6. The third-order valence-corrected chi connectivity index (χ3v) is 6.50. The van der Waals surface area contributed by atoms with E-state index < -0.39 is 35.0 Å². The van der Waals surface area contributed by atoms with E-state index in [1.807, 2.05) is 44.1 Å². The summed E-state index contributed by atoms with van der Waals surface area (Å²) in [4.78, 5) is 23.8. The summed E-state index contributed by atoms with van der Waals surface area (Å²) in [6.45, 7) is 1.99. The first-order valence-electron chi connectivity index (χ1n) is 12.0. The summed E-state index contributed by atoms with van der Waals surface area (Å²) >= 11 is 0. The fourth-order valence-corrected chi connectivity index (χ4v) is 4.55. The number of amides is 1. The Bertz CT molecular complexity index is 1300. The van der Waals surface area contributed by atoms with Gasteiger partial charge >= 0.3 is 12.4 Å². The van der Waals surface area contributed by atoms with Crippen LogP contribution < -0.4 is 15.5 Å². The lowest BCUT2D eigenvalue weighted by Crippen LogP contribution is -2.40. The molecule has 1 fully saturated rings. The molecule has 0 atom stereocenters. The first kappa shape index (κ1) is 27.5. The van der Waals surface area contributed by atoms with Crippen molar-refractivity contribution in [2.24, 2.45) is 0 Å². The highest BCUT2D eigenvalue weighted by molar-refractivity contribution is 5.95. The molecule has 204 valence electrons. The average Bonchev–Trinajstić information content (AvgIpc) is 2.83. The Morgan fingerprint density at radius 3 is 2.00 bits per heavy atom. The second-order valence-electron chi connectivity index (χ2n) is 9.75. The number of nitrogens with zero attached hydrogens (tertiary/aromatic N) is 3. The molecular formula is C26H27F6N5O. The molecule has 12 heteroatoms. The van der Waals surface area contributed by atoms with Gasteiger partial charge in [-0.1, -0.05) is 11.6 Å². The highest BCUT2D eigenvalue weighted by atomic mass is 19.4. The van der Waals surface area contributed by atoms with Crippen LogP contribution in [-0.2, 0) is 12.4 Å². The summed E-state index contributed by atoms with van der Waals surface area (Å²) in [6, 6.07) is 6.41. The average molecular weight is 540 g/mol. The summed E-state index contributed by atoms with van der Waals surface area (Å²) in [5, 5.41) is 6.84. The number of carbonyl (C=O) groups is 1. The van der Waals surface area contributed by atoms with E-state index in [2.05, 4.69) is 20.6 Å². The van der Waals surface area contributed by atoms with Crippen LogP contribution in [0, 0.1) is 6.92 Å². The van der Waals surface area contributed by atoms with Crippen LogP contribution in [0.3, 0.4) is 0 Å². The fraction of sp³-hybridized carbons (Fsp3) is 0.423. The summed E-state index contributed by atoms with van der Waals surface area (Å²) in [5.41, 5.74) is -1.84. The number of benzene rings is 2. The van der Waals surface area contributed by atoms with Gasteiger partial charge in [0.15, 0.2) is 0 Å². The van der Waals surface area contributed by atoms with Gasteiger partial charge in [0, 0.05) is 37.1 Å². The number of hydrogen-bond acceptors (Lipinski definition) is 5. The molecule has 3 aromatic rings. The van der Waals surface area contributed by atoms with Gasteiger partial charge in [-0.25, -0.2) is 4.98 Å². The molecule has 1 saturated carbocycles. The van der Waals surface area contributed by atoms with Gasteiger partial charge in [-0.05, 0) is 62.9 Å². The molecule has 1 aliphatic carbocycles. The highest BCUT2D eigenvalue weighted by Gasteiger charge is 2.37. The van der Waals surface area contributed by atoms with Crippen LogP contribution in [0.2, 0.25) is 0 Å². The molecule has 1 aromatic heterocycles. The van der Waals surface area contributed by atoms with E-state index in [-0.39, 0.29) is 18.2 Å². The highest BCUT2D eigenvalue weighted by Crippen LogP contribution is 2.36. The summed E-state index contributed by atoms with van der Waals surface area (Å²) in [5.74, 6) is 0.254. The van der Waals surface area contributed by atoms with Crippen molar-refractivity contribution >= 4 is 28.6 Å². The molecule has 0 bridgehead atoms. The molecule has 38 heavy (non-hydrogen) atoms. The van der Waals surface area contributed by atoms with Crippen LogP contribution >= 0.6 is 0 Å². The summed E-state index contributed by atoms with van der Waals surface area (Å²) in [6.07, 6.45) is -7.85. The van der Waals surface area contributed by atoms with E-state index in [1.54, 1.807) is 0 Å². The van der Waals surface area contributed by atoms with Crippen LogP contribution in [0.25, 0.3) is 10.9 Å². The molecule has 2 N–H and O–H groups in total. The molecule has 0 unspecified atom stereocenters. The zero-order valence-electron chi connectivity index (χ0n) is 21.0. The maximum absolute atomic E-state index is 13.1. The first-order valence-corrected chi connectivity index (χ1v) is 12.0. The Kier molecular flexibility index (Phi) is 7.44. The van der Waals surface area contributed by atoms with Crippen molar-refractivity contribution in [2.75, 3.05) is 24.3 Å². The number of aryl methyl sites for hydroxylation is 1. The van der Waals surface area contributed by atoms with Crippen molar-refractivity contribution in [1.82, 2.24) is 15.3 Å². The second-order valence-corrected chi connectivity index (χ2v) is 9.75. The lowest BCUT2D eigenvalue weighted by molar-refractivity contribution is -0.143. The Morgan fingerprint density at radius 2 is 1.45 bits per heavy atom. The van der Waals surface area contributed by atoms with Crippen molar-refractivity contribution in [2.45, 2.75) is 57.0 Å². The van der Waals surface area contributed by atoms with E-state index in [4.69, 9.17) is 0 Å². The molecule has 1 heterocycles. The number of halogens is 6. The van der Waals surface area contributed by atoms with Gasteiger partial charge in [0.25, 0.3) is 5.91 Å². The van der Waals surface area contributed by atoms with Crippen LogP contribution in [0.15, 0.2) is 36.4 Å². The third kappa shape index (κ3) is 6.28. The van der Waals surface area contributed by atoms with Crippen molar-refractivity contribution in [3.8, 4) is 0 Å². The van der Waals surface area contributed by atoms with Crippen LogP contribution in [-0.4, -0.2) is 42.1 Å². The SMILES string of the molecule is Cc1ccc2nc(N[C@H]3CC[C@@H](NC(=O)c4cc(C(F)(F)F)cc(C(F)(F)F)c4)CC3)nc(N(C)C)c2c1. The Hall–Kier alpha value is -3.57. The van der Waals surface area contributed by atoms with Gasteiger partial charge in [-0.2, -0.15) is 31.3 Å². The van der Waals surface area contributed by atoms with Gasteiger partial charge in [-0.3, -0.25) is 4.79 Å². The third-order valence-electron chi connectivity index (χ3n) is 6.50. The minimum atomic E-state index is -5.02. The van der Waals surface area contributed by atoms with E-state index in [0.717, 1.165) is 22.3 Å². The predicted octanol–water partition coefficient (Wildman–Crippen LogP) is 6.19. The minimum Gasteiger partial charge on any atom is -0.362 e. The number of hydrogen-bond donors (Lipinski definition) is 2. The van der Waals surface area contributed by atoms with E-state index in [9.17, 15) is 31.1 Å². The molecule has 4 rings (SSSR count). The van der Waals surface area contributed by atoms with Gasteiger partial charge in [0.05, 0.1) is 16.6 Å². The molecule has 0 radical (unpaired) electrons. The molecule has 1 amide bonds. The van der Waals surface area contributed by atoms with Gasteiger partial charge in [-0.15, -0.1) is 0 Å². The second kappa shape index (κ2) is 10.3. The number of nitrogens with one attached hydrogen (secondary N) is 2. The van der Waals surface area contributed by atoms with Gasteiger partial charge in [0.2, 0.25) is 5.95 Å². The van der Waals surface area contributed by atoms with Crippen LogP contribution in [0.1, 0.15) is 52.7 Å². The van der Waals surface area contributed by atoms with Crippen LogP contribution in [0.4, 0.5) is 38.1 Å². The zero-order valence-corrected chi connectivity index (χ0v) is 21.0. The normalized spacial score (nSPS) is 18.3. The van der Waals surface area contributed by atoms with Crippen molar-refractivity contribution in [1.29, 1.82) is 0 Å². The van der Waals surface area contributed by atoms with Gasteiger partial charge in [0.1, 0.15) is 5.82 Å². The molecule has 0 spiro atoms. The fourth-order valence-electron chi connectivity index (χ4n) is 4.55. The maximum Gasteiger partial charge on any atom is 0.416 e. The van der Waals surface area contributed by atoms with Crippen LogP contribution in [0.5, 0.6) is 0 Å². The van der Waals surface area contributed by atoms with Crippen molar-refractivity contribution < 1.29 is 31.1 Å². The molecular weight excluding hydrogens is 512 g/mol. The lowest BCUT2D eigenvalue weighted by Gasteiger charge is -2.30. The van der Waals surface area contributed by atoms with E-state index >= 15 is 0 Å². The van der Waals surface area contributed by atoms with Crippen molar-refractivity contribution in [3.05, 3.63) is 58.7 Å². The zero-order chi connectivity index (χ0) is 27.8. The standard InChI is InChI=1S/C26H27F6N5O/c1-14-4-9-21-20(10-14)22(37(2)3)36-24(35-21)34-19-7-5-18(6-8-19)33-23(38)15-11-16(25(27,28)29)13-17(12-15)26(30,31)32/h4,9-13,18-19H,5-8H2,1-3H3,(H,33,38)(H,34,35,36)/t18-,19+. The monoisotopic (exact) mass is 539 g/mol. The topological polar surface area (TPSA) is 70.1 Å². The van der Waals surface area contributed by atoms with Gasteiger partial charge < -0.3 is 15.5 Å². The lowest BCUT2D eigenvalue weighted by atomic mass is 9.91. The predicted molar refractivity (Wildman–Crippen MR) is 132 cm³/mol. The maximum atomic E-state index is 13.1. The van der Waals surface area contributed by atoms with Crippen molar-refractivity contribution in [3.63, 3.8) is 0 Å². The summed E-state index contributed by atoms with van der Waals surface area (Å²) < 4.78 is 78.8.